The van der Waals surface area contributed by atoms with Crippen LogP contribution in [0.2, 0.25) is 0 Å². The molecule has 1 saturated heterocycles. The Bertz CT molecular complexity index is 1240. The molecule has 1 N–H and O–H groups in total. The largest absolute Gasteiger partial charge is 0.505 e. The summed E-state index contributed by atoms with van der Waals surface area (Å²) in [5.41, 5.74) is 3.78. The second-order valence-corrected chi connectivity index (χ2v) is 9.04. The maximum absolute atomic E-state index is 14.1. The molecule has 2 aliphatic rings. The van der Waals surface area contributed by atoms with E-state index in [1.165, 1.54) is 24.3 Å². The number of aromatic hydroxyl groups is 1. The number of alkyl halides is 1. The van der Waals surface area contributed by atoms with E-state index in [9.17, 15) is 18.3 Å². The van der Waals surface area contributed by atoms with Crippen molar-refractivity contribution in [3.8, 4) is 17.2 Å². The summed E-state index contributed by atoms with van der Waals surface area (Å²) >= 11 is 0. The van der Waals surface area contributed by atoms with E-state index in [2.05, 4.69) is 4.90 Å². The van der Waals surface area contributed by atoms with Crippen LogP contribution in [0.25, 0.3) is 11.1 Å². The summed E-state index contributed by atoms with van der Waals surface area (Å²) < 4.78 is 52.4. The lowest BCUT2D eigenvalue weighted by Gasteiger charge is -2.37. The monoisotopic (exact) mass is 481 g/mol. The van der Waals surface area contributed by atoms with Gasteiger partial charge in [0.05, 0.1) is 6.67 Å². The van der Waals surface area contributed by atoms with Crippen LogP contribution >= 0.6 is 0 Å². The first-order valence-corrected chi connectivity index (χ1v) is 11.6. The molecule has 0 aliphatic carbocycles. The van der Waals surface area contributed by atoms with Crippen LogP contribution < -0.4 is 9.47 Å². The molecule has 35 heavy (non-hydrogen) atoms. The Balaban J connectivity index is 1.39. The number of phenols is 1. The number of allylic oxidation sites excluding steroid dienone is 1. The van der Waals surface area contributed by atoms with Gasteiger partial charge < -0.3 is 14.6 Å². The molecule has 2 aliphatic heterocycles. The molecule has 0 amide bonds. The van der Waals surface area contributed by atoms with E-state index < -0.39 is 17.7 Å². The molecular weight excluding hydrogens is 455 g/mol. The maximum Gasteiger partial charge on any atom is 0.168 e. The molecule has 0 spiro atoms. The number of hydrogen-bond donors (Lipinski definition) is 1. The highest BCUT2D eigenvalue weighted by Crippen LogP contribution is 2.48. The van der Waals surface area contributed by atoms with Gasteiger partial charge in [0, 0.05) is 42.8 Å². The lowest BCUT2D eigenvalue weighted by molar-refractivity contribution is 0.0668. The van der Waals surface area contributed by atoms with E-state index in [1.54, 1.807) is 12.1 Å². The molecule has 0 bridgehead atoms. The van der Waals surface area contributed by atoms with E-state index in [0.29, 0.717) is 23.7 Å². The predicted molar refractivity (Wildman–Crippen MR) is 128 cm³/mol. The molecule has 3 aromatic rings. The first-order chi connectivity index (χ1) is 16.9. The van der Waals surface area contributed by atoms with Gasteiger partial charge in [-0.15, -0.1) is 0 Å². The van der Waals surface area contributed by atoms with Gasteiger partial charge in [0.15, 0.2) is 11.6 Å². The molecule has 1 fully saturated rings. The first kappa shape index (κ1) is 23.3. The van der Waals surface area contributed by atoms with Crippen LogP contribution in [0.5, 0.6) is 17.2 Å². The molecule has 0 aromatic heterocycles. The van der Waals surface area contributed by atoms with E-state index >= 15 is 0 Å². The Labute approximate surface area is 202 Å². The lowest BCUT2D eigenvalue weighted by Crippen LogP contribution is -2.49. The fourth-order valence-electron chi connectivity index (χ4n) is 4.68. The van der Waals surface area contributed by atoms with E-state index in [-0.39, 0.29) is 18.4 Å². The number of halogens is 3. The SMILES string of the molecule is CC1=C(c2ccc(F)cc2)[C@H](c2ccc(OCCN3CC(CF)C3)cc2)Oc2cc(F)c(O)cc21. The molecular formula is C28H26F3NO3. The van der Waals surface area contributed by atoms with Crippen molar-refractivity contribution in [1.82, 2.24) is 4.90 Å². The highest BCUT2D eigenvalue weighted by Gasteiger charge is 2.30. The smallest absolute Gasteiger partial charge is 0.168 e. The zero-order valence-electron chi connectivity index (χ0n) is 19.3. The van der Waals surface area contributed by atoms with Crippen LogP contribution in [0.1, 0.15) is 29.7 Å². The molecule has 1 atom stereocenters. The molecule has 0 unspecified atom stereocenters. The van der Waals surface area contributed by atoms with Gasteiger partial charge in [-0.05, 0) is 54.0 Å². The summed E-state index contributed by atoms with van der Waals surface area (Å²) in [6.07, 6.45) is -0.565. The molecule has 3 aromatic carbocycles. The van der Waals surface area contributed by atoms with Crippen molar-refractivity contribution >= 4 is 11.1 Å². The van der Waals surface area contributed by atoms with Crippen LogP contribution in [0, 0.1) is 17.6 Å². The second kappa shape index (κ2) is 9.66. The lowest BCUT2D eigenvalue weighted by atomic mass is 9.86. The van der Waals surface area contributed by atoms with Crippen LogP contribution in [-0.2, 0) is 0 Å². The van der Waals surface area contributed by atoms with E-state index in [0.717, 1.165) is 41.9 Å². The second-order valence-electron chi connectivity index (χ2n) is 9.04. The number of likely N-dealkylation sites (tertiary alicyclic amines) is 1. The molecule has 5 rings (SSSR count). The standard InChI is InChI=1S/C28H26F3NO3/c1-17-23-12-25(33)24(31)13-26(23)35-28(27(17)19-2-6-21(30)7-3-19)20-4-8-22(9-5-20)34-11-10-32-15-18(14-29)16-32/h2-9,12-13,18,28,33H,10-11,14-16H2,1H3/t28-/m0/s1. The molecule has 0 saturated carbocycles. The molecule has 2 heterocycles. The topological polar surface area (TPSA) is 41.9 Å². The highest BCUT2D eigenvalue weighted by molar-refractivity contribution is 5.95. The highest BCUT2D eigenvalue weighted by atomic mass is 19.1. The zero-order valence-corrected chi connectivity index (χ0v) is 19.3. The van der Waals surface area contributed by atoms with Crippen molar-refractivity contribution in [2.24, 2.45) is 5.92 Å². The van der Waals surface area contributed by atoms with Crippen LogP contribution in [0.3, 0.4) is 0 Å². The average molecular weight is 482 g/mol. The molecule has 0 radical (unpaired) electrons. The van der Waals surface area contributed by atoms with Crippen molar-refractivity contribution in [2.45, 2.75) is 13.0 Å². The Morgan fingerprint density at radius 1 is 1.03 bits per heavy atom. The van der Waals surface area contributed by atoms with Gasteiger partial charge in [-0.3, -0.25) is 9.29 Å². The molecule has 4 nitrogen and oxygen atoms in total. The summed E-state index contributed by atoms with van der Waals surface area (Å²) in [6, 6.07) is 16.1. The van der Waals surface area contributed by atoms with Crippen molar-refractivity contribution in [1.29, 1.82) is 0 Å². The number of phenolic OH excluding ortho intramolecular Hbond substituents is 1. The number of rotatable bonds is 7. The third-order valence-corrected chi connectivity index (χ3v) is 6.63. The minimum Gasteiger partial charge on any atom is -0.505 e. The fraction of sp³-hybridized carbons (Fsp3) is 0.286. The van der Waals surface area contributed by atoms with Gasteiger partial charge >= 0.3 is 0 Å². The quantitative estimate of drug-likeness (QED) is 0.449. The van der Waals surface area contributed by atoms with Crippen LogP contribution in [0.4, 0.5) is 13.2 Å². The number of hydrogen-bond acceptors (Lipinski definition) is 4. The summed E-state index contributed by atoms with van der Waals surface area (Å²) in [4.78, 5) is 2.16. The summed E-state index contributed by atoms with van der Waals surface area (Å²) in [5.74, 6) is -0.380. The summed E-state index contributed by atoms with van der Waals surface area (Å²) in [7, 11) is 0. The Kier molecular flexibility index (Phi) is 6.43. The van der Waals surface area contributed by atoms with Crippen LogP contribution in [0.15, 0.2) is 60.7 Å². The van der Waals surface area contributed by atoms with E-state index in [4.69, 9.17) is 9.47 Å². The number of ether oxygens (including phenoxy) is 2. The normalized spacial score (nSPS) is 18.1. The predicted octanol–water partition coefficient (Wildman–Crippen LogP) is 6.01. The Hall–Kier alpha value is -3.45. The van der Waals surface area contributed by atoms with Gasteiger partial charge in [-0.2, -0.15) is 0 Å². The number of fused-ring (bicyclic) bond motifs is 1. The zero-order chi connectivity index (χ0) is 24.5. The van der Waals surface area contributed by atoms with E-state index in [1.807, 2.05) is 31.2 Å². The minimum atomic E-state index is -0.760. The van der Waals surface area contributed by atoms with Crippen molar-refractivity contribution < 1.29 is 27.8 Å². The van der Waals surface area contributed by atoms with Gasteiger partial charge in [-0.1, -0.05) is 24.3 Å². The summed E-state index contributed by atoms with van der Waals surface area (Å²) in [6.45, 7) is 4.41. The average Bonchev–Trinajstić information content (AvgIpc) is 2.83. The van der Waals surface area contributed by atoms with Crippen molar-refractivity contribution in [2.75, 3.05) is 32.9 Å². The maximum atomic E-state index is 14.1. The van der Waals surface area contributed by atoms with Crippen molar-refractivity contribution in [3.05, 3.63) is 89.0 Å². The fourth-order valence-corrected chi connectivity index (χ4v) is 4.68. The van der Waals surface area contributed by atoms with Gasteiger partial charge in [0.25, 0.3) is 0 Å². The van der Waals surface area contributed by atoms with Crippen molar-refractivity contribution in [3.63, 3.8) is 0 Å². The molecule has 182 valence electrons. The third kappa shape index (κ3) is 4.73. The Morgan fingerprint density at radius 3 is 2.43 bits per heavy atom. The minimum absolute atomic E-state index is 0.152. The molecule has 7 heteroatoms. The van der Waals surface area contributed by atoms with Gasteiger partial charge in [0.2, 0.25) is 0 Å². The van der Waals surface area contributed by atoms with Gasteiger partial charge in [0.1, 0.15) is 30.0 Å². The van der Waals surface area contributed by atoms with Gasteiger partial charge in [-0.25, -0.2) is 8.78 Å². The van der Waals surface area contributed by atoms with Crippen LogP contribution in [-0.4, -0.2) is 42.9 Å². The summed E-state index contributed by atoms with van der Waals surface area (Å²) in [5, 5.41) is 9.91. The number of benzene rings is 3. The first-order valence-electron chi connectivity index (χ1n) is 11.6. The third-order valence-electron chi connectivity index (χ3n) is 6.63. The Morgan fingerprint density at radius 2 is 1.74 bits per heavy atom. The number of nitrogens with zero attached hydrogens (tertiary/aromatic N) is 1.